The molecule has 3 N–H and O–H groups in total. The molecule has 2 aliphatic rings. The van der Waals surface area contributed by atoms with E-state index in [1.54, 1.807) is 0 Å². The van der Waals surface area contributed by atoms with Gasteiger partial charge in [0.15, 0.2) is 0 Å². The minimum absolute atomic E-state index is 0.104. The van der Waals surface area contributed by atoms with Crippen LogP contribution in [-0.4, -0.2) is 42.5 Å². The Morgan fingerprint density at radius 2 is 2.17 bits per heavy atom. The molecular formula is C16H21N3O4S. The highest BCUT2D eigenvalue weighted by Gasteiger charge is 2.29. The number of rotatable bonds is 4. The average molecular weight is 351 g/mol. The molecule has 0 spiro atoms. The van der Waals surface area contributed by atoms with Crippen LogP contribution in [0, 0.1) is 0 Å². The number of anilines is 1. The summed E-state index contributed by atoms with van der Waals surface area (Å²) in [5, 5.41) is 3.23. The summed E-state index contributed by atoms with van der Waals surface area (Å²) < 4.78 is 10.4. The number of hydrogen-bond donors (Lipinski definition) is 2. The van der Waals surface area contributed by atoms with Crippen LogP contribution in [0.4, 0.5) is 5.00 Å². The van der Waals surface area contributed by atoms with E-state index in [0.29, 0.717) is 29.8 Å². The molecule has 0 atom stereocenters. The number of primary amides is 1. The highest BCUT2D eigenvalue weighted by atomic mass is 32.1. The maximum absolute atomic E-state index is 12.3. The van der Waals surface area contributed by atoms with Crippen LogP contribution >= 0.6 is 11.3 Å². The fourth-order valence-electron chi connectivity index (χ4n) is 2.86. The van der Waals surface area contributed by atoms with E-state index in [-0.39, 0.29) is 5.76 Å². The van der Waals surface area contributed by atoms with Gasteiger partial charge in [-0.3, -0.25) is 14.5 Å². The van der Waals surface area contributed by atoms with Gasteiger partial charge in [-0.15, -0.1) is 11.3 Å². The maximum Gasteiger partial charge on any atom is 0.294 e. The van der Waals surface area contributed by atoms with Crippen molar-refractivity contribution in [2.75, 3.05) is 25.1 Å². The number of nitrogens with one attached hydrogen (secondary N) is 1. The molecule has 0 saturated heterocycles. The normalized spacial score (nSPS) is 17.5. The number of carbonyl (C=O) groups is 2. The first-order chi connectivity index (χ1) is 11.5. The SMILES string of the molecule is CC(C)N1CCc2c(sc(NC(=O)C3=COCCO3)c2C(N)=O)C1. The van der Waals surface area contributed by atoms with Gasteiger partial charge in [0.05, 0.1) is 5.56 Å². The van der Waals surface area contributed by atoms with Crippen LogP contribution < -0.4 is 11.1 Å². The topological polar surface area (TPSA) is 93.9 Å². The molecule has 3 heterocycles. The summed E-state index contributed by atoms with van der Waals surface area (Å²) in [6.07, 6.45) is 2.04. The molecule has 24 heavy (non-hydrogen) atoms. The van der Waals surface area contributed by atoms with Gasteiger partial charge in [-0.25, -0.2) is 0 Å². The second kappa shape index (κ2) is 6.82. The smallest absolute Gasteiger partial charge is 0.294 e. The molecule has 1 aromatic rings. The van der Waals surface area contributed by atoms with Crippen molar-refractivity contribution in [3.05, 3.63) is 28.0 Å². The molecule has 130 valence electrons. The lowest BCUT2D eigenvalue weighted by Crippen LogP contribution is -2.35. The van der Waals surface area contributed by atoms with Crippen molar-refractivity contribution in [1.29, 1.82) is 0 Å². The van der Waals surface area contributed by atoms with Crippen LogP contribution in [0.3, 0.4) is 0 Å². The number of ether oxygens (including phenoxy) is 2. The summed E-state index contributed by atoms with van der Waals surface area (Å²) in [7, 11) is 0. The van der Waals surface area contributed by atoms with Crippen molar-refractivity contribution in [3.63, 3.8) is 0 Å². The van der Waals surface area contributed by atoms with Gasteiger partial charge in [-0.1, -0.05) is 0 Å². The molecule has 0 bridgehead atoms. The Bertz CT molecular complexity index is 696. The van der Waals surface area contributed by atoms with Crippen molar-refractivity contribution in [2.45, 2.75) is 32.9 Å². The zero-order valence-corrected chi connectivity index (χ0v) is 14.6. The molecule has 3 rings (SSSR count). The van der Waals surface area contributed by atoms with Gasteiger partial charge >= 0.3 is 0 Å². The molecule has 0 fully saturated rings. The van der Waals surface area contributed by atoms with E-state index in [4.69, 9.17) is 15.2 Å². The van der Waals surface area contributed by atoms with Crippen LogP contribution in [0.15, 0.2) is 12.0 Å². The number of nitrogens with zero attached hydrogens (tertiary/aromatic N) is 1. The summed E-state index contributed by atoms with van der Waals surface area (Å²) in [5.74, 6) is -0.848. The average Bonchev–Trinajstić information content (AvgIpc) is 2.92. The van der Waals surface area contributed by atoms with E-state index >= 15 is 0 Å². The van der Waals surface area contributed by atoms with Crippen LogP contribution in [0.5, 0.6) is 0 Å². The second-order valence-corrected chi connectivity index (χ2v) is 7.15. The number of amides is 2. The lowest BCUT2D eigenvalue weighted by atomic mass is 10.0. The Labute approximate surface area is 144 Å². The fourth-order valence-corrected chi connectivity index (χ4v) is 4.14. The summed E-state index contributed by atoms with van der Waals surface area (Å²) in [6.45, 7) is 6.66. The van der Waals surface area contributed by atoms with Crippen molar-refractivity contribution in [2.24, 2.45) is 5.73 Å². The molecule has 0 radical (unpaired) electrons. The van der Waals surface area contributed by atoms with Gasteiger partial charge in [-0.2, -0.15) is 0 Å². The molecule has 0 aliphatic carbocycles. The van der Waals surface area contributed by atoms with E-state index < -0.39 is 11.8 Å². The number of fused-ring (bicyclic) bond motifs is 1. The van der Waals surface area contributed by atoms with E-state index in [0.717, 1.165) is 30.0 Å². The molecule has 1 aromatic heterocycles. The monoisotopic (exact) mass is 351 g/mol. The molecule has 2 amide bonds. The Balaban J connectivity index is 1.87. The van der Waals surface area contributed by atoms with Crippen molar-refractivity contribution in [1.82, 2.24) is 4.90 Å². The third-order valence-electron chi connectivity index (χ3n) is 4.16. The second-order valence-electron chi connectivity index (χ2n) is 6.04. The molecule has 0 saturated carbocycles. The molecular weight excluding hydrogens is 330 g/mol. The number of nitrogens with two attached hydrogens (primary N) is 1. The first-order valence-electron chi connectivity index (χ1n) is 7.91. The molecule has 8 heteroatoms. The summed E-state index contributed by atoms with van der Waals surface area (Å²) in [6, 6.07) is 0.424. The number of carbonyl (C=O) groups excluding carboxylic acids is 2. The minimum Gasteiger partial charge on any atom is -0.494 e. The zero-order valence-electron chi connectivity index (χ0n) is 13.8. The van der Waals surface area contributed by atoms with E-state index in [9.17, 15) is 9.59 Å². The molecule has 2 aliphatic heterocycles. The number of hydrogen-bond acceptors (Lipinski definition) is 6. The predicted molar refractivity (Wildman–Crippen MR) is 90.7 cm³/mol. The Morgan fingerprint density at radius 1 is 1.38 bits per heavy atom. The highest BCUT2D eigenvalue weighted by Crippen LogP contribution is 2.37. The van der Waals surface area contributed by atoms with Gasteiger partial charge < -0.3 is 20.5 Å². The van der Waals surface area contributed by atoms with Gasteiger partial charge in [0.25, 0.3) is 11.8 Å². The van der Waals surface area contributed by atoms with Gasteiger partial charge in [0.2, 0.25) is 5.76 Å². The lowest BCUT2D eigenvalue weighted by molar-refractivity contribution is -0.117. The Kier molecular flexibility index (Phi) is 4.77. The van der Waals surface area contributed by atoms with E-state index in [1.807, 2.05) is 0 Å². The van der Waals surface area contributed by atoms with Crippen LogP contribution in [0.2, 0.25) is 0 Å². The lowest BCUT2D eigenvalue weighted by Gasteiger charge is -2.30. The fraction of sp³-hybridized carbons (Fsp3) is 0.500. The van der Waals surface area contributed by atoms with Gasteiger partial charge in [0, 0.05) is 24.0 Å². The van der Waals surface area contributed by atoms with Crippen molar-refractivity contribution < 1.29 is 19.1 Å². The quantitative estimate of drug-likeness (QED) is 0.856. The molecule has 0 aromatic carbocycles. The Hall–Kier alpha value is -2.06. The predicted octanol–water partition coefficient (Wildman–Crippen LogP) is 1.44. The van der Waals surface area contributed by atoms with Gasteiger partial charge in [0.1, 0.15) is 24.5 Å². The third-order valence-corrected chi connectivity index (χ3v) is 5.30. The largest absolute Gasteiger partial charge is 0.494 e. The summed E-state index contributed by atoms with van der Waals surface area (Å²) >= 11 is 1.41. The first-order valence-corrected chi connectivity index (χ1v) is 8.73. The summed E-state index contributed by atoms with van der Waals surface area (Å²) in [5.41, 5.74) is 6.94. The summed E-state index contributed by atoms with van der Waals surface area (Å²) in [4.78, 5) is 27.6. The Morgan fingerprint density at radius 3 is 2.79 bits per heavy atom. The standard InChI is InChI=1S/C16H21N3O4S/c1-9(2)19-4-3-10-12(7-19)24-16(13(10)14(17)20)18-15(21)11-8-22-5-6-23-11/h8-9H,3-7H2,1-2H3,(H2,17,20)(H,18,21). The van der Waals surface area contributed by atoms with Crippen molar-refractivity contribution in [3.8, 4) is 0 Å². The number of thiophene rings is 1. The van der Waals surface area contributed by atoms with Crippen LogP contribution in [-0.2, 0) is 27.2 Å². The van der Waals surface area contributed by atoms with Gasteiger partial charge in [-0.05, 0) is 25.8 Å². The van der Waals surface area contributed by atoms with E-state index in [1.165, 1.54) is 17.6 Å². The zero-order chi connectivity index (χ0) is 17.3. The van der Waals surface area contributed by atoms with Crippen molar-refractivity contribution >= 4 is 28.2 Å². The van der Waals surface area contributed by atoms with Crippen LogP contribution in [0.1, 0.15) is 34.6 Å². The third kappa shape index (κ3) is 3.25. The minimum atomic E-state index is -0.518. The maximum atomic E-state index is 12.3. The highest BCUT2D eigenvalue weighted by molar-refractivity contribution is 7.17. The molecule has 7 nitrogen and oxygen atoms in total. The van der Waals surface area contributed by atoms with E-state index in [2.05, 4.69) is 24.1 Å². The molecule has 0 unspecified atom stereocenters. The van der Waals surface area contributed by atoms with Crippen LogP contribution in [0.25, 0.3) is 0 Å². The first kappa shape index (κ1) is 16.8.